The van der Waals surface area contributed by atoms with E-state index < -0.39 is 10.0 Å². The Balaban J connectivity index is 1.93. The van der Waals surface area contributed by atoms with Crippen molar-refractivity contribution in [2.24, 2.45) is 0 Å². The van der Waals surface area contributed by atoms with E-state index in [0.717, 1.165) is 45.2 Å². The second-order valence-corrected chi connectivity index (χ2v) is 11.1. The van der Waals surface area contributed by atoms with Crippen molar-refractivity contribution >= 4 is 26.5 Å². The van der Waals surface area contributed by atoms with Gasteiger partial charge in [0, 0.05) is 34.8 Å². The Hall–Kier alpha value is -3.58. The molecule has 0 unspecified atom stereocenters. The summed E-state index contributed by atoms with van der Waals surface area (Å²) >= 11 is 0. The number of rotatable bonds is 5. The minimum Gasteiger partial charge on any atom is -0.496 e. The molecule has 0 aliphatic heterocycles. The van der Waals surface area contributed by atoms with Crippen molar-refractivity contribution in [2.75, 3.05) is 18.1 Å². The lowest BCUT2D eigenvalue weighted by molar-refractivity contribution is 0.399. The number of sulfonamides is 1. The van der Waals surface area contributed by atoms with Crippen LogP contribution in [0.5, 0.6) is 5.75 Å². The molecule has 0 aliphatic carbocycles. The number of ether oxygens (including phenoxy) is 1. The van der Waals surface area contributed by atoms with Crippen LogP contribution in [0.15, 0.2) is 77.7 Å². The van der Waals surface area contributed by atoms with Crippen LogP contribution >= 0.6 is 0 Å². The quantitative estimate of drug-likeness (QED) is 0.422. The van der Waals surface area contributed by atoms with E-state index in [0.29, 0.717) is 5.69 Å². The van der Waals surface area contributed by atoms with Gasteiger partial charge in [-0.05, 0) is 58.1 Å². The van der Waals surface area contributed by atoms with Gasteiger partial charge in [-0.1, -0.05) is 45.0 Å². The largest absolute Gasteiger partial charge is 0.496 e. The predicted octanol–water partition coefficient (Wildman–Crippen LogP) is 5.34. The van der Waals surface area contributed by atoms with Gasteiger partial charge in [0.2, 0.25) is 10.0 Å². The zero-order valence-electron chi connectivity index (χ0n) is 19.9. The van der Waals surface area contributed by atoms with Crippen molar-refractivity contribution in [2.45, 2.75) is 26.2 Å². The average molecular weight is 477 g/mol. The van der Waals surface area contributed by atoms with E-state index in [-0.39, 0.29) is 11.0 Å². The molecule has 7 heteroatoms. The van der Waals surface area contributed by atoms with E-state index in [1.165, 1.54) is 0 Å². The molecule has 0 saturated carbocycles. The number of hydrogen-bond acceptors (Lipinski definition) is 4. The normalized spacial score (nSPS) is 12.0. The van der Waals surface area contributed by atoms with Gasteiger partial charge in [-0.25, -0.2) is 8.42 Å². The topological polar surface area (TPSA) is 77.4 Å². The van der Waals surface area contributed by atoms with Crippen LogP contribution in [0.3, 0.4) is 0 Å². The Morgan fingerprint density at radius 3 is 2.26 bits per heavy atom. The van der Waals surface area contributed by atoms with Gasteiger partial charge in [-0.15, -0.1) is 0 Å². The third-order valence-corrected chi connectivity index (χ3v) is 6.25. The average Bonchev–Trinajstić information content (AvgIpc) is 2.76. The molecule has 1 heterocycles. The number of hydrogen-bond donors (Lipinski definition) is 1. The number of nitrogens with one attached hydrogen (secondary N) is 1. The van der Waals surface area contributed by atoms with Gasteiger partial charge in [-0.2, -0.15) is 0 Å². The molecule has 0 saturated heterocycles. The maximum atomic E-state index is 12.6. The SMILES string of the molecule is COc1c(-c2ccc3cc(NS(C)(=O)=O)ccc3c2)cc(-n2ccccc2=O)cc1C(C)(C)C. The lowest BCUT2D eigenvalue weighted by Crippen LogP contribution is -2.19. The zero-order valence-corrected chi connectivity index (χ0v) is 20.7. The molecule has 0 bridgehead atoms. The highest BCUT2D eigenvalue weighted by Gasteiger charge is 2.24. The molecule has 3 aromatic carbocycles. The summed E-state index contributed by atoms with van der Waals surface area (Å²) in [5.74, 6) is 0.759. The molecule has 4 rings (SSSR count). The molecule has 0 radical (unpaired) electrons. The minimum atomic E-state index is -3.35. The zero-order chi connectivity index (χ0) is 24.7. The van der Waals surface area contributed by atoms with Crippen molar-refractivity contribution in [3.05, 3.63) is 88.8 Å². The minimum absolute atomic E-state index is 0.108. The van der Waals surface area contributed by atoms with Gasteiger partial charge < -0.3 is 4.74 Å². The highest BCUT2D eigenvalue weighted by molar-refractivity contribution is 7.92. The van der Waals surface area contributed by atoms with Crippen LogP contribution in [0.1, 0.15) is 26.3 Å². The first-order chi connectivity index (χ1) is 16.0. The van der Waals surface area contributed by atoms with E-state index in [1.54, 1.807) is 42.1 Å². The van der Waals surface area contributed by atoms with Gasteiger partial charge in [0.1, 0.15) is 5.75 Å². The third kappa shape index (κ3) is 4.84. The second-order valence-electron chi connectivity index (χ2n) is 9.38. The van der Waals surface area contributed by atoms with E-state index >= 15 is 0 Å². The van der Waals surface area contributed by atoms with Crippen LogP contribution in [-0.4, -0.2) is 26.4 Å². The van der Waals surface area contributed by atoms with E-state index in [1.807, 2.05) is 42.5 Å². The first-order valence-corrected chi connectivity index (χ1v) is 12.8. The lowest BCUT2D eigenvalue weighted by atomic mass is 9.83. The summed E-state index contributed by atoms with van der Waals surface area (Å²) < 4.78 is 33.2. The van der Waals surface area contributed by atoms with Gasteiger partial charge >= 0.3 is 0 Å². The van der Waals surface area contributed by atoms with Crippen molar-refractivity contribution in [1.29, 1.82) is 0 Å². The van der Waals surface area contributed by atoms with Gasteiger partial charge in [0.25, 0.3) is 5.56 Å². The highest BCUT2D eigenvalue weighted by atomic mass is 32.2. The molecule has 1 aromatic heterocycles. The summed E-state index contributed by atoms with van der Waals surface area (Å²) in [5, 5.41) is 1.86. The molecule has 1 N–H and O–H groups in total. The molecule has 0 aliphatic rings. The summed E-state index contributed by atoms with van der Waals surface area (Å²) in [6.07, 6.45) is 2.89. The molecule has 4 aromatic rings. The fourth-order valence-corrected chi connectivity index (χ4v) is 4.63. The fraction of sp³-hybridized carbons (Fsp3) is 0.222. The maximum absolute atomic E-state index is 12.6. The third-order valence-electron chi connectivity index (χ3n) is 5.64. The number of benzene rings is 3. The first kappa shape index (κ1) is 23.6. The van der Waals surface area contributed by atoms with Crippen molar-refractivity contribution < 1.29 is 13.2 Å². The standard InChI is InChI=1S/C27H28N2O4S/c1-27(2,3)24-17-22(29-13-7-6-8-25(29)30)16-23(26(24)33-4)20-10-9-19-15-21(28-34(5,31)32)12-11-18(19)14-20/h6-17,28H,1-5H3. The van der Waals surface area contributed by atoms with Crippen LogP contribution in [0.25, 0.3) is 27.6 Å². The molecular formula is C27H28N2O4S. The van der Waals surface area contributed by atoms with Crippen LogP contribution in [0, 0.1) is 0 Å². The molecule has 176 valence electrons. The van der Waals surface area contributed by atoms with Gasteiger partial charge in [0.05, 0.1) is 13.4 Å². The lowest BCUT2D eigenvalue weighted by Gasteiger charge is -2.26. The number of methoxy groups -OCH3 is 1. The predicted molar refractivity (Wildman–Crippen MR) is 139 cm³/mol. The van der Waals surface area contributed by atoms with Crippen molar-refractivity contribution in [1.82, 2.24) is 4.57 Å². The van der Waals surface area contributed by atoms with Crippen LogP contribution in [0.4, 0.5) is 5.69 Å². The Labute approximate surface area is 199 Å². The number of pyridine rings is 1. The van der Waals surface area contributed by atoms with Crippen LogP contribution in [-0.2, 0) is 15.4 Å². The molecule has 0 spiro atoms. The van der Waals surface area contributed by atoms with Crippen LogP contribution in [0.2, 0.25) is 0 Å². The first-order valence-electron chi connectivity index (χ1n) is 10.9. The second kappa shape index (κ2) is 8.65. The number of nitrogens with zero attached hydrogens (tertiary/aromatic N) is 1. The summed E-state index contributed by atoms with van der Waals surface area (Å²) in [5.41, 5.74) is 3.75. The highest BCUT2D eigenvalue weighted by Crippen LogP contribution is 2.41. The molecule has 6 nitrogen and oxygen atoms in total. The summed E-state index contributed by atoms with van der Waals surface area (Å²) in [7, 11) is -1.69. The smallest absolute Gasteiger partial charge is 0.255 e. The number of fused-ring (bicyclic) bond motifs is 1. The van der Waals surface area contributed by atoms with Crippen LogP contribution < -0.4 is 15.0 Å². The molecular weight excluding hydrogens is 448 g/mol. The van der Waals surface area contributed by atoms with Crippen molar-refractivity contribution in [3.63, 3.8) is 0 Å². The Kier molecular flexibility index (Phi) is 6.00. The van der Waals surface area contributed by atoms with Crippen molar-refractivity contribution in [3.8, 4) is 22.6 Å². The Morgan fingerprint density at radius 1 is 0.912 bits per heavy atom. The summed E-state index contributed by atoms with van der Waals surface area (Å²) in [6, 6.07) is 20.5. The molecule has 34 heavy (non-hydrogen) atoms. The Bertz CT molecular complexity index is 1550. The van der Waals surface area contributed by atoms with E-state index in [2.05, 4.69) is 25.5 Å². The maximum Gasteiger partial charge on any atom is 0.255 e. The molecule has 0 atom stereocenters. The summed E-state index contributed by atoms with van der Waals surface area (Å²) in [6.45, 7) is 6.34. The Morgan fingerprint density at radius 2 is 1.62 bits per heavy atom. The monoisotopic (exact) mass is 476 g/mol. The summed E-state index contributed by atoms with van der Waals surface area (Å²) in [4.78, 5) is 12.6. The molecule has 0 fully saturated rings. The van der Waals surface area contributed by atoms with E-state index in [4.69, 9.17) is 4.74 Å². The fourth-order valence-electron chi connectivity index (χ4n) is 4.08. The van der Waals surface area contributed by atoms with Gasteiger partial charge in [0.15, 0.2) is 0 Å². The molecule has 0 amide bonds. The van der Waals surface area contributed by atoms with E-state index in [9.17, 15) is 13.2 Å². The number of anilines is 1. The van der Waals surface area contributed by atoms with Gasteiger partial charge in [-0.3, -0.25) is 14.1 Å². The number of aromatic nitrogens is 1.